The van der Waals surface area contributed by atoms with Crippen molar-refractivity contribution in [2.45, 2.75) is 5.79 Å². The summed E-state index contributed by atoms with van der Waals surface area (Å²) in [6, 6.07) is 6.32. The van der Waals surface area contributed by atoms with Gasteiger partial charge in [-0.3, -0.25) is 19.1 Å². The summed E-state index contributed by atoms with van der Waals surface area (Å²) in [4.78, 5) is 45.5. The number of alkyl halides is 1. The molecule has 1 aliphatic carbocycles. The Balaban J connectivity index is 2.00. The number of aliphatic carboxylic acids is 1. The highest BCUT2D eigenvalue weighted by Crippen LogP contribution is 2.40. The smallest absolute Gasteiger partial charge is 0.339 e. The van der Waals surface area contributed by atoms with Gasteiger partial charge < -0.3 is 5.11 Å². The van der Waals surface area contributed by atoms with Crippen LogP contribution in [0.15, 0.2) is 66.3 Å². The van der Waals surface area contributed by atoms with Crippen molar-refractivity contribution < 1.29 is 23.9 Å². The van der Waals surface area contributed by atoms with Crippen LogP contribution in [-0.4, -0.2) is 37.2 Å². The lowest BCUT2D eigenvalue weighted by Gasteiger charge is -2.30. The number of hydrogen-bond donors (Lipinski definition) is 1. The number of carbonyl (C=O) groups is 3. The Morgan fingerprint density at radius 2 is 1.77 bits per heavy atom. The molecule has 0 spiro atoms. The first-order valence-electron chi connectivity index (χ1n) is 8.42. The molecule has 1 aromatic carbocycles. The van der Waals surface area contributed by atoms with Crippen LogP contribution < -0.4 is 0 Å². The van der Waals surface area contributed by atoms with Crippen LogP contribution in [0.5, 0.6) is 0 Å². The number of aromatic nitrogens is 3. The number of nitrogens with zero attached hydrogens (tertiary/aromatic N) is 3. The molecule has 2 aromatic heterocycles. The molecule has 1 atom stereocenters. The first-order chi connectivity index (χ1) is 14.3. The normalized spacial score (nSPS) is 18.8. The van der Waals surface area contributed by atoms with Gasteiger partial charge in [-0.15, -0.1) is 0 Å². The van der Waals surface area contributed by atoms with E-state index in [1.807, 2.05) is 0 Å². The minimum Gasteiger partial charge on any atom is -0.478 e. The van der Waals surface area contributed by atoms with Gasteiger partial charge >= 0.3 is 5.97 Å². The number of fused-ring (bicyclic) bond motifs is 1. The number of rotatable bonds is 4. The Hall–Kier alpha value is -3.36. The van der Waals surface area contributed by atoms with Crippen molar-refractivity contribution >= 4 is 51.8 Å². The summed E-state index contributed by atoms with van der Waals surface area (Å²) < 4.78 is 17.4. The van der Waals surface area contributed by atoms with E-state index < -0.39 is 34.5 Å². The van der Waals surface area contributed by atoms with Crippen molar-refractivity contribution in [3.63, 3.8) is 0 Å². The average Bonchev–Trinajstić information content (AvgIpc) is 3.14. The summed E-state index contributed by atoms with van der Waals surface area (Å²) in [5, 5.41) is 9.04. The molecule has 3 aromatic rings. The third-order valence-corrected chi connectivity index (χ3v) is 5.23. The molecule has 0 saturated carbocycles. The molecule has 30 heavy (non-hydrogen) atoms. The molecule has 0 aliphatic heterocycles. The zero-order chi connectivity index (χ0) is 21.6. The van der Waals surface area contributed by atoms with E-state index in [-0.39, 0.29) is 21.1 Å². The van der Waals surface area contributed by atoms with E-state index in [0.717, 1.165) is 35.4 Å². The molecule has 0 radical (unpaired) electrons. The van der Waals surface area contributed by atoms with E-state index in [4.69, 9.17) is 23.2 Å². The predicted octanol–water partition coefficient (Wildman–Crippen LogP) is 3.76. The van der Waals surface area contributed by atoms with Crippen molar-refractivity contribution in [3.05, 3.63) is 81.9 Å². The summed E-state index contributed by atoms with van der Waals surface area (Å²) in [6.45, 7) is 0. The number of carboxylic acid groups (broad SMARTS) is 1. The predicted molar refractivity (Wildman–Crippen MR) is 106 cm³/mol. The number of ketones is 2. The number of pyridine rings is 1. The van der Waals surface area contributed by atoms with Crippen LogP contribution >= 0.6 is 23.2 Å². The van der Waals surface area contributed by atoms with Gasteiger partial charge in [0.25, 0.3) is 5.79 Å². The molecule has 2 heterocycles. The third kappa shape index (κ3) is 2.84. The van der Waals surface area contributed by atoms with Crippen LogP contribution in [0.2, 0.25) is 10.0 Å². The number of benzene rings is 1. The summed E-state index contributed by atoms with van der Waals surface area (Å²) >= 11 is 12.1. The van der Waals surface area contributed by atoms with Crippen molar-refractivity contribution in [3.8, 4) is 0 Å². The minimum absolute atomic E-state index is 0.147. The fourth-order valence-corrected chi connectivity index (χ4v) is 3.79. The molecule has 0 bridgehead atoms. The van der Waals surface area contributed by atoms with Crippen LogP contribution in [0.4, 0.5) is 4.39 Å². The highest BCUT2D eigenvalue weighted by atomic mass is 35.5. The summed E-state index contributed by atoms with van der Waals surface area (Å²) in [5.74, 6) is -7.23. The maximum absolute atomic E-state index is 16.6. The molecule has 0 amide bonds. The summed E-state index contributed by atoms with van der Waals surface area (Å²) in [6.07, 6.45) is 5.14. The van der Waals surface area contributed by atoms with Gasteiger partial charge in [0.05, 0.1) is 38.5 Å². The molecular weight excluding hydrogens is 436 g/mol. The summed E-state index contributed by atoms with van der Waals surface area (Å²) in [7, 11) is 0. The lowest BCUT2D eigenvalue weighted by atomic mass is 9.84. The quantitative estimate of drug-likeness (QED) is 0.484. The molecule has 7 nitrogen and oxygen atoms in total. The lowest BCUT2D eigenvalue weighted by molar-refractivity contribution is -0.138. The molecular formula is C20H10Cl2FN3O4. The third-order valence-electron chi connectivity index (χ3n) is 4.66. The topological polar surface area (TPSA) is 102 Å². The first-order valence-corrected chi connectivity index (χ1v) is 9.18. The maximum Gasteiger partial charge on any atom is 0.339 e. The molecule has 1 aliphatic rings. The number of carbonyl (C=O) groups excluding carboxylic acids is 2. The van der Waals surface area contributed by atoms with Gasteiger partial charge in [0, 0.05) is 12.4 Å². The Morgan fingerprint density at radius 1 is 1.10 bits per heavy atom. The first kappa shape index (κ1) is 19.9. The van der Waals surface area contributed by atoms with Crippen molar-refractivity contribution in [1.29, 1.82) is 0 Å². The highest BCUT2D eigenvalue weighted by Gasteiger charge is 2.52. The van der Waals surface area contributed by atoms with Gasteiger partial charge in [-0.1, -0.05) is 35.3 Å². The number of carboxylic acids is 1. The Morgan fingerprint density at radius 3 is 2.43 bits per heavy atom. The fourth-order valence-electron chi connectivity index (χ4n) is 3.25. The average molecular weight is 446 g/mol. The summed E-state index contributed by atoms with van der Waals surface area (Å²) in [5.41, 5.74) is -1.20. The molecule has 150 valence electrons. The van der Waals surface area contributed by atoms with E-state index >= 15 is 4.39 Å². The van der Waals surface area contributed by atoms with Crippen LogP contribution in [-0.2, 0) is 15.4 Å². The van der Waals surface area contributed by atoms with E-state index in [1.165, 1.54) is 6.07 Å². The van der Waals surface area contributed by atoms with E-state index in [2.05, 4.69) is 9.97 Å². The number of allylic oxidation sites excluding steroid dienone is 3. The van der Waals surface area contributed by atoms with E-state index in [9.17, 15) is 19.5 Å². The minimum atomic E-state index is -3.19. The molecule has 10 heteroatoms. The number of hydrogen-bond acceptors (Lipinski definition) is 5. The van der Waals surface area contributed by atoms with Gasteiger partial charge in [0.2, 0.25) is 5.78 Å². The van der Waals surface area contributed by atoms with Crippen molar-refractivity contribution in [2.24, 2.45) is 0 Å². The van der Waals surface area contributed by atoms with Gasteiger partial charge in [-0.2, -0.15) is 0 Å². The SMILES string of the molecule is O=C(O)C1=CC=C(C(=O)c2c(Cl)cncc2Cl)C(F)(n2cnc3ccccc32)C1=O. The largest absolute Gasteiger partial charge is 0.478 e. The molecule has 1 unspecified atom stereocenters. The number of Topliss-reactive ketones (excluding diaryl/α,β-unsaturated/α-hetero) is 2. The second kappa shape index (κ2) is 7.16. The van der Waals surface area contributed by atoms with Crippen LogP contribution in [0, 0.1) is 0 Å². The molecule has 0 fully saturated rings. The second-order valence-corrected chi connectivity index (χ2v) is 7.14. The molecule has 1 N–H and O–H groups in total. The van der Waals surface area contributed by atoms with E-state index in [1.54, 1.807) is 18.2 Å². The van der Waals surface area contributed by atoms with Crippen molar-refractivity contribution in [1.82, 2.24) is 14.5 Å². The van der Waals surface area contributed by atoms with Gasteiger partial charge in [-0.05, 0) is 24.3 Å². The maximum atomic E-state index is 16.6. The van der Waals surface area contributed by atoms with Gasteiger partial charge in [-0.25, -0.2) is 14.2 Å². The number of halogens is 3. The molecule has 0 saturated heterocycles. The standard InChI is InChI=1S/C20H10Cl2FN3O4/c21-12-7-24-8-13(22)16(12)17(27)11-6-5-10(19(29)30)18(28)20(11,23)26-9-25-14-3-1-2-4-15(14)26/h1-9H,(H,29,30). The lowest BCUT2D eigenvalue weighted by Crippen LogP contribution is -2.45. The second-order valence-electron chi connectivity index (χ2n) is 6.33. The Labute approximate surface area is 178 Å². The van der Waals surface area contributed by atoms with Crippen LogP contribution in [0.25, 0.3) is 11.0 Å². The van der Waals surface area contributed by atoms with Crippen LogP contribution in [0.3, 0.4) is 0 Å². The highest BCUT2D eigenvalue weighted by molar-refractivity contribution is 6.41. The number of imidazole rings is 1. The monoisotopic (exact) mass is 445 g/mol. The van der Waals surface area contributed by atoms with Gasteiger partial charge in [0.1, 0.15) is 5.57 Å². The van der Waals surface area contributed by atoms with Crippen LogP contribution in [0.1, 0.15) is 10.4 Å². The zero-order valence-corrected chi connectivity index (χ0v) is 16.4. The number of para-hydroxylation sites is 2. The fraction of sp³-hybridized carbons (Fsp3) is 0.0500. The van der Waals surface area contributed by atoms with E-state index in [0.29, 0.717) is 5.52 Å². The zero-order valence-electron chi connectivity index (χ0n) is 14.8. The Kier molecular flexibility index (Phi) is 4.76. The van der Waals surface area contributed by atoms with Crippen molar-refractivity contribution in [2.75, 3.05) is 0 Å². The van der Waals surface area contributed by atoms with Gasteiger partial charge in [0.15, 0.2) is 5.78 Å². The Bertz CT molecular complexity index is 1290. The molecule has 4 rings (SSSR count).